The summed E-state index contributed by atoms with van der Waals surface area (Å²) in [4.78, 5) is 41.8. The number of nitrogens with zero attached hydrogens (tertiary/aromatic N) is 2. The van der Waals surface area contributed by atoms with E-state index in [1.165, 1.54) is 23.2 Å². The van der Waals surface area contributed by atoms with Crippen LogP contribution in [0.5, 0.6) is 0 Å². The Labute approximate surface area is 143 Å². The Kier molecular flexibility index (Phi) is 4.40. The normalized spacial score (nSPS) is 17.9. The maximum atomic E-state index is 12.6. The standard InChI is InChI=1S/C17H16ClN3O3/c1-11-9-21(14-4-2-3-13(18)7-14)16(23)10-20(11)17(24)12-5-6-15(22)19-8-12/h2-8,11H,9-10H2,1H3,(H,19,22). The van der Waals surface area contributed by atoms with Gasteiger partial charge in [0.25, 0.3) is 5.91 Å². The zero-order chi connectivity index (χ0) is 17.3. The zero-order valence-corrected chi connectivity index (χ0v) is 13.8. The van der Waals surface area contributed by atoms with Crippen molar-refractivity contribution >= 4 is 29.1 Å². The Morgan fingerprint density at radius 1 is 1.25 bits per heavy atom. The molecular formula is C17H16ClN3O3. The van der Waals surface area contributed by atoms with E-state index in [4.69, 9.17) is 11.6 Å². The third kappa shape index (κ3) is 3.19. The van der Waals surface area contributed by atoms with Gasteiger partial charge in [-0.05, 0) is 31.2 Å². The summed E-state index contributed by atoms with van der Waals surface area (Å²) in [6.07, 6.45) is 1.37. The molecule has 6 nitrogen and oxygen atoms in total. The second-order valence-corrected chi connectivity index (χ2v) is 6.14. The van der Waals surface area contributed by atoms with Crippen LogP contribution in [-0.2, 0) is 4.79 Å². The molecule has 1 N–H and O–H groups in total. The lowest BCUT2D eigenvalue weighted by molar-refractivity contribution is -0.121. The van der Waals surface area contributed by atoms with Crippen LogP contribution in [0.15, 0.2) is 47.4 Å². The first-order chi connectivity index (χ1) is 11.5. The Bertz CT molecular complexity index is 828. The van der Waals surface area contributed by atoms with E-state index in [1.54, 1.807) is 23.1 Å². The molecule has 1 aliphatic rings. The van der Waals surface area contributed by atoms with Crippen molar-refractivity contribution in [1.82, 2.24) is 9.88 Å². The average Bonchev–Trinajstić information content (AvgIpc) is 2.56. The first-order valence-electron chi connectivity index (χ1n) is 7.51. The highest BCUT2D eigenvalue weighted by Crippen LogP contribution is 2.24. The molecule has 2 aromatic rings. The molecule has 1 atom stereocenters. The van der Waals surface area contributed by atoms with Crippen molar-refractivity contribution in [2.24, 2.45) is 0 Å². The average molecular weight is 346 g/mol. The van der Waals surface area contributed by atoms with Gasteiger partial charge in [-0.15, -0.1) is 0 Å². The van der Waals surface area contributed by atoms with E-state index < -0.39 is 0 Å². The van der Waals surface area contributed by atoms with E-state index in [-0.39, 0.29) is 30.0 Å². The Balaban J connectivity index is 1.80. The summed E-state index contributed by atoms with van der Waals surface area (Å²) in [6.45, 7) is 2.24. The van der Waals surface area contributed by atoms with E-state index in [0.29, 0.717) is 17.1 Å². The van der Waals surface area contributed by atoms with Crippen molar-refractivity contribution in [3.63, 3.8) is 0 Å². The molecule has 1 aromatic carbocycles. The molecule has 1 saturated heterocycles. The van der Waals surface area contributed by atoms with Crippen molar-refractivity contribution in [2.45, 2.75) is 13.0 Å². The second kappa shape index (κ2) is 6.49. The van der Waals surface area contributed by atoms with Crippen LogP contribution in [-0.4, -0.2) is 40.8 Å². The Morgan fingerprint density at radius 2 is 2.04 bits per heavy atom. The van der Waals surface area contributed by atoms with Crippen LogP contribution in [0.1, 0.15) is 17.3 Å². The number of benzene rings is 1. The molecule has 0 spiro atoms. The summed E-state index contributed by atoms with van der Waals surface area (Å²) >= 11 is 5.99. The van der Waals surface area contributed by atoms with Crippen LogP contribution < -0.4 is 10.5 Å². The van der Waals surface area contributed by atoms with Gasteiger partial charge < -0.3 is 14.8 Å². The predicted octanol–water partition coefficient (Wildman–Crippen LogP) is 1.91. The summed E-state index contributed by atoms with van der Waals surface area (Å²) in [7, 11) is 0. The van der Waals surface area contributed by atoms with Gasteiger partial charge in [0.05, 0.1) is 5.56 Å². The van der Waals surface area contributed by atoms with Crippen LogP contribution in [0.4, 0.5) is 5.69 Å². The molecule has 3 rings (SSSR count). The lowest BCUT2D eigenvalue weighted by atomic mass is 10.1. The van der Waals surface area contributed by atoms with Gasteiger partial charge in [0.1, 0.15) is 6.54 Å². The Morgan fingerprint density at radius 3 is 2.71 bits per heavy atom. The molecule has 2 amide bonds. The highest BCUT2D eigenvalue weighted by atomic mass is 35.5. The van der Waals surface area contributed by atoms with Crippen LogP contribution in [0.3, 0.4) is 0 Å². The van der Waals surface area contributed by atoms with Gasteiger partial charge in [0.15, 0.2) is 0 Å². The topological polar surface area (TPSA) is 73.5 Å². The van der Waals surface area contributed by atoms with E-state index in [0.717, 1.165) is 5.69 Å². The monoisotopic (exact) mass is 345 g/mol. The summed E-state index contributed by atoms with van der Waals surface area (Å²) in [6, 6.07) is 9.66. The van der Waals surface area contributed by atoms with Crippen molar-refractivity contribution in [1.29, 1.82) is 0 Å². The minimum atomic E-state index is -0.280. The van der Waals surface area contributed by atoms with E-state index in [2.05, 4.69) is 4.98 Å². The SMILES string of the molecule is CC1CN(c2cccc(Cl)c2)C(=O)CN1C(=O)c1ccc(=O)[nH]c1. The number of aromatic amines is 1. The number of rotatable bonds is 2. The molecule has 0 aliphatic carbocycles. The quantitative estimate of drug-likeness (QED) is 0.903. The van der Waals surface area contributed by atoms with Crippen molar-refractivity contribution in [3.05, 3.63) is 63.5 Å². The number of carbonyl (C=O) groups excluding carboxylic acids is 2. The molecule has 1 aliphatic heterocycles. The Hall–Kier alpha value is -2.60. The molecule has 0 bridgehead atoms. The molecular weight excluding hydrogens is 330 g/mol. The van der Waals surface area contributed by atoms with Crippen LogP contribution in [0.25, 0.3) is 0 Å². The van der Waals surface area contributed by atoms with E-state index in [9.17, 15) is 14.4 Å². The van der Waals surface area contributed by atoms with Gasteiger partial charge >= 0.3 is 0 Å². The number of piperazine rings is 1. The number of carbonyl (C=O) groups is 2. The van der Waals surface area contributed by atoms with Gasteiger partial charge in [-0.1, -0.05) is 17.7 Å². The highest BCUT2D eigenvalue weighted by Gasteiger charge is 2.33. The van der Waals surface area contributed by atoms with Crippen molar-refractivity contribution < 1.29 is 9.59 Å². The number of anilines is 1. The number of pyridine rings is 1. The van der Waals surface area contributed by atoms with Crippen LogP contribution in [0, 0.1) is 0 Å². The third-order valence-electron chi connectivity index (χ3n) is 4.00. The molecule has 2 heterocycles. The number of hydrogen-bond acceptors (Lipinski definition) is 3. The molecule has 24 heavy (non-hydrogen) atoms. The van der Waals surface area contributed by atoms with Gasteiger partial charge in [-0.2, -0.15) is 0 Å². The zero-order valence-electron chi connectivity index (χ0n) is 13.0. The maximum absolute atomic E-state index is 12.6. The molecule has 1 unspecified atom stereocenters. The third-order valence-corrected chi connectivity index (χ3v) is 4.23. The van der Waals surface area contributed by atoms with Gasteiger partial charge in [-0.3, -0.25) is 14.4 Å². The van der Waals surface area contributed by atoms with Gasteiger partial charge in [0.2, 0.25) is 11.5 Å². The largest absolute Gasteiger partial charge is 0.328 e. The molecule has 0 radical (unpaired) electrons. The predicted molar refractivity (Wildman–Crippen MR) is 91.4 cm³/mol. The fourth-order valence-corrected chi connectivity index (χ4v) is 2.91. The number of H-pyrrole nitrogens is 1. The van der Waals surface area contributed by atoms with Gasteiger partial charge in [-0.25, -0.2) is 0 Å². The molecule has 1 fully saturated rings. The highest BCUT2D eigenvalue weighted by molar-refractivity contribution is 6.30. The minimum absolute atomic E-state index is 0.0222. The molecule has 0 saturated carbocycles. The van der Waals surface area contributed by atoms with Gasteiger partial charge in [0, 0.05) is 35.6 Å². The second-order valence-electron chi connectivity index (χ2n) is 5.71. The molecule has 1 aromatic heterocycles. The van der Waals surface area contributed by atoms with E-state index >= 15 is 0 Å². The maximum Gasteiger partial charge on any atom is 0.256 e. The van der Waals surface area contributed by atoms with E-state index in [1.807, 2.05) is 13.0 Å². The number of aromatic nitrogens is 1. The summed E-state index contributed by atoms with van der Waals surface area (Å²) in [5.74, 6) is -0.453. The first kappa shape index (κ1) is 16.3. The van der Waals surface area contributed by atoms with Crippen LogP contribution in [0.2, 0.25) is 5.02 Å². The fourth-order valence-electron chi connectivity index (χ4n) is 2.73. The molecule has 124 valence electrons. The smallest absolute Gasteiger partial charge is 0.256 e. The van der Waals surface area contributed by atoms with Crippen molar-refractivity contribution in [3.8, 4) is 0 Å². The minimum Gasteiger partial charge on any atom is -0.328 e. The summed E-state index contributed by atoms with van der Waals surface area (Å²) < 4.78 is 0. The fraction of sp³-hybridized carbons (Fsp3) is 0.235. The van der Waals surface area contributed by atoms with Crippen molar-refractivity contribution in [2.75, 3.05) is 18.0 Å². The number of nitrogens with one attached hydrogen (secondary N) is 1. The number of amides is 2. The number of halogens is 1. The summed E-state index contributed by atoms with van der Waals surface area (Å²) in [5, 5.41) is 0.555. The first-order valence-corrected chi connectivity index (χ1v) is 7.89. The molecule has 7 heteroatoms. The lowest BCUT2D eigenvalue weighted by Gasteiger charge is -2.39. The summed E-state index contributed by atoms with van der Waals surface area (Å²) in [5.41, 5.74) is 0.794. The number of hydrogen-bond donors (Lipinski definition) is 1. The van der Waals surface area contributed by atoms with Crippen LogP contribution >= 0.6 is 11.6 Å². The lowest BCUT2D eigenvalue weighted by Crippen LogP contribution is -2.57.